The smallest absolute Gasteiger partial charge is 0.293 e. The Kier molecular flexibility index (Phi) is 5.74. The zero-order chi connectivity index (χ0) is 21.8. The zero-order valence-electron chi connectivity index (χ0n) is 16.8. The van der Waals surface area contributed by atoms with Gasteiger partial charge in [-0.1, -0.05) is 24.3 Å². The number of hydrogen-bond acceptors (Lipinski definition) is 7. The number of carbonyl (C=O) groups is 1. The van der Waals surface area contributed by atoms with Crippen LogP contribution in [0.15, 0.2) is 47.3 Å². The molecule has 0 bridgehead atoms. The highest BCUT2D eigenvalue weighted by Gasteiger charge is 2.19. The maximum absolute atomic E-state index is 12.7. The average Bonchev–Trinajstić information content (AvgIpc) is 3.23. The second-order valence-electron chi connectivity index (χ2n) is 6.80. The lowest BCUT2D eigenvalue weighted by Crippen LogP contribution is -2.27. The molecule has 1 aliphatic rings. The van der Waals surface area contributed by atoms with E-state index in [1.165, 1.54) is 0 Å². The molecule has 0 saturated carbocycles. The predicted molar refractivity (Wildman–Crippen MR) is 111 cm³/mol. The lowest BCUT2D eigenvalue weighted by Gasteiger charge is -2.11. The highest BCUT2D eigenvalue weighted by atomic mass is 16.7. The Morgan fingerprint density at radius 1 is 1.23 bits per heavy atom. The summed E-state index contributed by atoms with van der Waals surface area (Å²) in [4.78, 5) is 31.5. The second-order valence-corrected chi connectivity index (χ2v) is 6.80. The van der Waals surface area contributed by atoms with Gasteiger partial charge in [0, 0.05) is 18.5 Å². The molecule has 31 heavy (non-hydrogen) atoms. The number of ether oxygens (including phenoxy) is 3. The van der Waals surface area contributed by atoms with E-state index in [4.69, 9.17) is 14.2 Å². The van der Waals surface area contributed by atoms with E-state index >= 15 is 0 Å². The van der Waals surface area contributed by atoms with Crippen LogP contribution in [0.3, 0.4) is 0 Å². The van der Waals surface area contributed by atoms with Gasteiger partial charge < -0.3 is 29.6 Å². The van der Waals surface area contributed by atoms with Crippen molar-refractivity contribution in [3.05, 3.63) is 75.5 Å². The molecule has 0 saturated heterocycles. The van der Waals surface area contributed by atoms with Crippen LogP contribution in [0.4, 0.5) is 0 Å². The van der Waals surface area contributed by atoms with Crippen LogP contribution in [0.1, 0.15) is 34.4 Å². The first-order valence-corrected chi connectivity index (χ1v) is 9.74. The maximum Gasteiger partial charge on any atom is 0.293 e. The molecule has 0 spiro atoms. The van der Waals surface area contributed by atoms with Crippen molar-refractivity contribution in [1.82, 2.24) is 15.3 Å². The zero-order valence-corrected chi connectivity index (χ0v) is 16.8. The van der Waals surface area contributed by atoms with Crippen LogP contribution in [-0.4, -0.2) is 34.4 Å². The number of fused-ring (bicyclic) bond motifs is 1. The van der Waals surface area contributed by atoms with Crippen molar-refractivity contribution in [1.29, 1.82) is 0 Å². The van der Waals surface area contributed by atoms with Crippen molar-refractivity contribution < 1.29 is 24.1 Å². The molecule has 1 aromatic heterocycles. The number of carbonyl (C=O) groups excluding carboxylic acids is 1. The van der Waals surface area contributed by atoms with Gasteiger partial charge in [-0.3, -0.25) is 9.59 Å². The van der Waals surface area contributed by atoms with E-state index in [1.54, 1.807) is 18.2 Å². The van der Waals surface area contributed by atoms with Gasteiger partial charge >= 0.3 is 0 Å². The highest BCUT2D eigenvalue weighted by Crippen LogP contribution is 2.32. The lowest BCUT2D eigenvalue weighted by atomic mass is 10.1. The number of rotatable bonds is 7. The topological polar surface area (TPSA) is 123 Å². The summed E-state index contributed by atoms with van der Waals surface area (Å²) < 4.78 is 16.2. The number of nitrogens with zero attached hydrogens (tertiary/aromatic N) is 1. The number of aromatic amines is 1. The summed E-state index contributed by atoms with van der Waals surface area (Å²) in [6.45, 7) is 2.67. The van der Waals surface area contributed by atoms with Gasteiger partial charge in [0.2, 0.25) is 12.5 Å². The molecule has 4 rings (SSSR count). The third-order valence-electron chi connectivity index (χ3n) is 4.68. The van der Waals surface area contributed by atoms with Gasteiger partial charge in [0.15, 0.2) is 17.2 Å². The molecule has 2 aromatic carbocycles. The van der Waals surface area contributed by atoms with Gasteiger partial charge in [-0.15, -0.1) is 0 Å². The fourth-order valence-electron chi connectivity index (χ4n) is 3.21. The Morgan fingerprint density at radius 3 is 2.87 bits per heavy atom. The fraction of sp³-hybridized carbons (Fsp3) is 0.227. The Labute approximate surface area is 177 Å². The molecule has 1 amide bonds. The van der Waals surface area contributed by atoms with Crippen molar-refractivity contribution in [2.45, 2.75) is 19.9 Å². The molecule has 160 valence electrons. The number of amides is 1. The number of nitrogens with one attached hydrogen (secondary N) is 2. The Morgan fingerprint density at radius 2 is 2.03 bits per heavy atom. The normalized spacial score (nSPS) is 11.9. The molecule has 0 atom stereocenters. The highest BCUT2D eigenvalue weighted by molar-refractivity contribution is 5.94. The first-order chi connectivity index (χ1) is 15.0. The minimum absolute atomic E-state index is 0.153. The number of para-hydroxylation sites is 1. The monoisotopic (exact) mass is 423 g/mol. The first-order valence-electron chi connectivity index (χ1n) is 9.74. The number of H-pyrrole nitrogens is 1. The van der Waals surface area contributed by atoms with E-state index in [9.17, 15) is 14.7 Å². The van der Waals surface area contributed by atoms with Crippen molar-refractivity contribution >= 4 is 5.91 Å². The molecule has 3 N–H and O–H groups in total. The SMILES string of the molecule is CCOc1ccccc1CNC(=O)c1nc(Cc2ccc3c(c2)OCO3)[nH]c(=O)c1O. The van der Waals surface area contributed by atoms with Crippen LogP contribution in [-0.2, 0) is 13.0 Å². The summed E-state index contributed by atoms with van der Waals surface area (Å²) in [5.74, 6) is 0.734. The predicted octanol–water partition coefficient (Wildman–Crippen LogP) is 2.12. The van der Waals surface area contributed by atoms with E-state index in [2.05, 4.69) is 15.3 Å². The summed E-state index contributed by atoms with van der Waals surface area (Å²) in [6.07, 6.45) is 0.236. The average molecular weight is 423 g/mol. The minimum atomic E-state index is -0.786. The number of benzene rings is 2. The third kappa shape index (κ3) is 4.45. The quantitative estimate of drug-likeness (QED) is 0.532. The summed E-state index contributed by atoms with van der Waals surface area (Å²) in [7, 11) is 0. The standard InChI is InChI=1S/C22H21N3O6/c1-2-29-15-6-4-3-5-14(15)11-23-21(27)19-20(26)22(28)25-18(24-19)10-13-7-8-16-17(9-13)31-12-30-16/h3-9,26H,2,10-12H2,1H3,(H,23,27)(H,24,25,28). The van der Waals surface area contributed by atoms with Crippen LogP contribution in [0.25, 0.3) is 0 Å². The molecule has 9 nitrogen and oxygen atoms in total. The number of hydrogen-bond donors (Lipinski definition) is 3. The minimum Gasteiger partial charge on any atom is -0.501 e. The van der Waals surface area contributed by atoms with E-state index in [0.29, 0.717) is 23.9 Å². The Balaban J connectivity index is 1.52. The summed E-state index contributed by atoms with van der Waals surface area (Å²) in [5.41, 5.74) is 0.441. The van der Waals surface area contributed by atoms with Gasteiger partial charge in [-0.05, 0) is 30.7 Å². The van der Waals surface area contributed by atoms with Gasteiger partial charge in [-0.25, -0.2) is 4.98 Å². The molecule has 0 unspecified atom stereocenters. The van der Waals surface area contributed by atoms with Crippen LogP contribution < -0.4 is 25.1 Å². The molecule has 9 heteroatoms. The first kappa shape index (κ1) is 20.3. The van der Waals surface area contributed by atoms with Gasteiger partial charge in [0.05, 0.1) is 6.61 Å². The van der Waals surface area contributed by atoms with Crippen molar-refractivity contribution in [2.24, 2.45) is 0 Å². The Hall–Kier alpha value is -4.01. The maximum atomic E-state index is 12.7. The molecular formula is C22H21N3O6. The fourth-order valence-corrected chi connectivity index (χ4v) is 3.21. The van der Waals surface area contributed by atoms with Crippen molar-refractivity contribution in [3.63, 3.8) is 0 Å². The summed E-state index contributed by atoms with van der Waals surface area (Å²) in [5, 5.41) is 12.8. The molecule has 0 radical (unpaired) electrons. The summed E-state index contributed by atoms with van der Waals surface area (Å²) >= 11 is 0. The van der Waals surface area contributed by atoms with Gasteiger partial charge in [0.25, 0.3) is 11.5 Å². The van der Waals surface area contributed by atoms with E-state index in [-0.39, 0.29) is 31.3 Å². The van der Waals surface area contributed by atoms with Crippen LogP contribution in [0, 0.1) is 0 Å². The van der Waals surface area contributed by atoms with Crippen LogP contribution in [0.5, 0.6) is 23.0 Å². The number of aromatic nitrogens is 2. The molecule has 2 heterocycles. The van der Waals surface area contributed by atoms with Crippen LogP contribution in [0.2, 0.25) is 0 Å². The van der Waals surface area contributed by atoms with Gasteiger partial charge in [-0.2, -0.15) is 0 Å². The third-order valence-corrected chi connectivity index (χ3v) is 4.68. The van der Waals surface area contributed by atoms with Crippen LogP contribution >= 0.6 is 0 Å². The van der Waals surface area contributed by atoms with Crippen molar-refractivity contribution in [3.8, 4) is 23.0 Å². The van der Waals surface area contributed by atoms with Crippen molar-refractivity contribution in [2.75, 3.05) is 13.4 Å². The number of aromatic hydroxyl groups is 1. The van der Waals surface area contributed by atoms with Gasteiger partial charge in [0.1, 0.15) is 11.6 Å². The van der Waals surface area contributed by atoms with E-state index in [0.717, 1.165) is 11.1 Å². The summed E-state index contributed by atoms with van der Waals surface area (Å²) in [6, 6.07) is 12.6. The molecule has 1 aliphatic heterocycles. The largest absolute Gasteiger partial charge is 0.501 e. The van der Waals surface area contributed by atoms with E-state index in [1.807, 2.05) is 31.2 Å². The molecular weight excluding hydrogens is 402 g/mol. The molecule has 3 aromatic rings. The molecule has 0 aliphatic carbocycles. The second kappa shape index (κ2) is 8.78. The Bertz CT molecular complexity index is 1170. The van der Waals surface area contributed by atoms with E-state index < -0.39 is 17.2 Å². The molecule has 0 fully saturated rings. The lowest BCUT2D eigenvalue weighted by molar-refractivity contribution is 0.0941.